The second-order valence-corrected chi connectivity index (χ2v) is 3.40. The number of rotatable bonds is 1. The van der Waals surface area contributed by atoms with Gasteiger partial charge in [-0.25, -0.2) is 9.55 Å². The summed E-state index contributed by atoms with van der Waals surface area (Å²) in [5.74, 6) is -0.456. The molecule has 0 unspecified atom stereocenters. The van der Waals surface area contributed by atoms with Crippen molar-refractivity contribution in [2.24, 2.45) is 0 Å². The predicted octanol–water partition coefficient (Wildman–Crippen LogP) is 0.965. The minimum atomic E-state index is -0.572. The Morgan fingerprint density at radius 1 is 1.47 bits per heavy atom. The number of hydrogen-bond donors (Lipinski definition) is 0. The fourth-order valence-corrected chi connectivity index (χ4v) is 1.45. The number of aromatic nitrogens is 2. The Bertz CT molecular complexity index is 690. The van der Waals surface area contributed by atoms with Crippen LogP contribution in [-0.2, 0) is 0 Å². The van der Waals surface area contributed by atoms with Gasteiger partial charge in [-0.3, -0.25) is 19.7 Å². The van der Waals surface area contributed by atoms with E-state index in [0.29, 0.717) is 0 Å². The van der Waals surface area contributed by atoms with Crippen LogP contribution in [0.1, 0.15) is 11.7 Å². The Kier molecular flexibility index (Phi) is 2.43. The number of hydrogen-bond acceptors (Lipinski definition) is 5. The lowest BCUT2D eigenvalue weighted by Gasteiger charge is -2.01. The largest absolute Gasteiger partial charge is 0.274 e. The van der Waals surface area contributed by atoms with Crippen LogP contribution in [0.25, 0.3) is 10.9 Å². The molecule has 1 aromatic heterocycles. The monoisotopic (exact) mass is 233 g/mol. The number of nitro benzene ring substituents is 1. The Morgan fingerprint density at radius 3 is 2.76 bits per heavy atom. The van der Waals surface area contributed by atoms with Crippen LogP contribution in [0.4, 0.5) is 5.69 Å². The predicted molar refractivity (Wildman–Crippen MR) is 59.0 cm³/mol. The molecule has 0 saturated heterocycles. The number of carbonyl (C=O) groups excluding carboxylic acids is 1. The van der Waals surface area contributed by atoms with Crippen molar-refractivity contribution in [1.82, 2.24) is 9.55 Å². The third-order valence-corrected chi connectivity index (χ3v) is 2.29. The van der Waals surface area contributed by atoms with Crippen molar-refractivity contribution in [2.75, 3.05) is 0 Å². The first-order chi connectivity index (χ1) is 8.00. The van der Waals surface area contributed by atoms with Crippen LogP contribution in [0.3, 0.4) is 0 Å². The van der Waals surface area contributed by atoms with Crippen molar-refractivity contribution in [3.63, 3.8) is 0 Å². The van der Waals surface area contributed by atoms with Gasteiger partial charge in [-0.2, -0.15) is 0 Å². The van der Waals surface area contributed by atoms with E-state index in [0.717, 1.165) is 10.9 Å². The molecule has 0 fully saturated rings. The van der Waals surface area contributed by atoms with E-state index in [2.05, 4.69) is 4.98 Å². The van der Waals surface area contributed by atoms with Crippen LogP contribution in [0.5, 0.6) is 0 Å². The SMILES string of the molecule is CC(=O)n1cnc2cc([N+](=O)[O-])ccc2c1=O. The van der Waals surface area contributed by atoms with Gasteiger partial charge in [0.25, 0.3) is 11.2 Å². The molecule has 0 saturated carbocycles. The zero-order valence-corrected chi connectivity index (χ0v) is 8.78. The number of benzene rings is 1. The molecule has 2 rings (SSSR count). The summed E-state index contributed by atoms with van der Waals surface area (Å²) in [6, 6.07) is 3.69. The van der Waals surface area contributed by atoms with Crippen LogP contribution < -0.4 is 5.56 Å². The molecule has 0 atom stereocenters. The van der Waals surface area contributed by atoms with Crippen molar-refractivity contribution in [3.8, 4) is 0 Å². The lowest BCUT2D eigenvalue weighted by atomic mass is 10.2. The summed E-state index contributed by atoms with van der Waals surface area (Å²) in [6.07, 6.45) is 1.07. The molecule has 0 amide bonds. The van der Waals surface area contributed by atoms with Crippen LogP contribution in [0.2, 0.25) is 0 Å². The van der Waals surface area contributed by atoms with E-state index in [9.17, 15) is 19.7 Å². The molecule has 2 aromatic rings. The minimum Gasteiger partial charge on any atom is -0.274 e. The summed E-state index contributed by atoms with van der Waals surface area (Å²) in [4.78, 5) is 36.7. The number of non-ortho nitro benzene ring substituents is 1. The van der Waals surface area contributed by atoms with E-state index >= 15 is 0 Å². The van der Waals surface area contributed by atoms with E-state index in [1.165, 1.54) is 25.1 Å². The van der Waals surface area contributed by atoms with Crippen molar-refractivity contribution in [2.45, 2.75) is 6.92 Å². The summed E-state index contributed by atoms with van der Waals surface area (Å²) in [7, 11) is 0. The smallest absolute Gasteiger partial charge is 0.271 e. The van der Waals surface area contributed by atoms with Gasteiger partial charge in [0, 0.05) is 19.1 Å². The van der Waals surface area contributed by atoms with E-state index in [1.807, 2.05) is 0 Å². The Morgan fingerprint density at radius 2 is 2.18 bits per heavy atom. The second-order valence-electron chi connectivity index (χ2n) is 3.40. The van der Waals surface area contributed by atoms with Crippen LogP contribution in [0, 0.1) is 10.1 Å². The van der Waals surface area contributed by atoms with Crippen LogP contribution >= 0.6 is 0 Å². The molecule has 7 nitrogen and oxygen atoms in total. The maximum absolute atomic E-state index is 11.8. The first-order valence-electron chi connectivity index (χ1n) is 4.67. The topological polar surface area (TPSA) is 95.1 Å². The first-order valence-corrected chi connectivity index (χ1v) is 4.67. The molecule has 0 radical (unpaired) electrons. The van der Waals surface area contributed by atoms with Crippen LogP contribution in [-0.4, -0.2) is 20.4 Å². The van der Waals surface area contributed by atoms with E-state index in [4.69, 9.17) is 0 Å². The molecule has 1 heterocycles. The summed E-state index contributed by atoms with van der Waals surface area (Å²) in [6.45, 7) is 1.24. The average molecular weight is 233 g/mol. The highest BCUT2D eigenvalue weighted by atomic mass is 16.6. The molecular weight excluding hydrogens is 226 g/mol. The van der Waals surface area contributed by atoms with Crippen molar-refractivity contribution in [3.05, 3.63) is 45.0 Å². The molecule has 0 spiro atoms. The standard InChI is InChI=1S/C10H7N3O4/c1-6(14)12-5-11-9-4-7(13(16)17)2-3-8(9)10(12)15/h2-5H,1H3. The van der Waals surface area contributed by atoms with Gasteiger partial charge in [0.05, 0.1) is 15.8 Å². The Balaban J connectivity index is 2.77. The molecule has 0 bridgehead atoms. The van der Waals surface area contributed by atoms with E-state index in [-0.39, 0.29) is 16.6 Å². The normalized spacial score (nSPS) is 10.4. The molecule has 0 N–H and O–H groups in total. The van der Waals surface area contributed by atoms with Gasteiger partial charge >= 0.3 is 0 Å². The van der Waals surface area contributed by atoms with E-state index in [1.54, 1.807) is 0 Å². The Labute approximate surface area is 94.5 Å². The van der Waals surface area contributed by atoms with Gasteiger partial charge in [-0.15, -0.1) is 0 Å². The number of nitrogens with zero attached hydrogens (tertiary/aromatic N) is 3. The fourth-order valence-electron chi connectivity index (χ4n) is 1.45. The van der Waals surface area contributed by atoms with Gasteiger partial charge in [-0.1, -0.05) is 0 Å². The first kappa shape index (κ1) is 10.9. The molecule has 0 aliphatic carbocycles. The summed E-state index contributed by atoms with van der Waals surface area (Å²) < 4.78 is 0.855. The third kappa shape index (κ3) is 1.78. The molecule has 1 aromatic carbocycles. The van der Waals surface area contributed by atoms with Gasteiger partial charge in [0.1, 0.15) is 6.33 Å². The number of nitro groups is 1. The van der Waals surface area contributed by atoms with Crippen molar-refractivity contribution < 1.29 is 9.72 Å². The highest BCUT2D eigenvalue weighted by molar-refractivity contribution is 5.83. The summed E-state index contributed by atoms with van der Waals surface area (Å²) >= 11 is 0. The Hall–Kier alpha value is -2.57. The maximum Gasteiger partial charge on any atom is 0.271 e. The van der Waals surface area contributed by atoms with Gasteiger partial charge in [0.15, 0.2) is 0 Å². The molecular formula is C10H7N3O4. The number of carbonyl (C=O) groups is 1. The molecule has 0 aliphatic rings. The van der Waals surface area contributed by atoms with Gasteiger partial charge in [-0.05, 0) is 6.07 Å². The summed E-state index contributed by atoms with van der Waals surface area (Å²) in [5.41, 5.74) is -0.482. The molecule has 7 heteroatoms. The highest BCUT2D eigenvalue weighted by Gasteiger charge is 2.11. The van der Waals surface area contributed by atoms with Crippen molar-refractivity contribution in [1.29, 1.82) is 0 Å². The fraction of sp³-hybridized carbons (Fsp3) is 0.100. The molecule has 17 heavy (non-hydrogen) atoms. The molecule has 0 aliphatic heterocycles. The maximum atomic E-state index is 11.8. The zero-order chi connectivity index (χ0) is 12.6. The van der Waals surface area contributed by atoms with Crippen LogP contribution in [0.15, 0.2) is 29.3 Å². The minimum absolute atomic E-state index is 0.148. The average Bonchev–Trinajstić information content (AvgIpc) is 2.28. The second kappa shape index (κ2) is 3.78. The van der Waals surface area contributed by atoms with Crippen molar-refractivity contribution >= 4 is 22.5 Å². The lowest BCUT2D eigenvalue weighted by Crippen LogP contribution is -2.24. The van der Waals surface area contributed by atoms with Gasteiger partial charge < -0.3 is 0 Å². The van der Waals surface area contributed by atoms with Gasteiger partial charge in [0.2, 0.25) is 5.91 Å². The highest BCUT2D eigenvalue weighted by Crippen LogP contribution is 2.16. The zero-order valence-electron chi connectivity index (χ0n) is 8.78. The molecule has 86 valence electrons. The lowest BCUT2D eigenvalue weighted by molar-refractivity contribution is -0.384. The van der Waals surface area contributed by atoms with E-state index < -0.39 is 16.4 Å². The summed E-state index contributed by atoms with van der Waals surface area (Å²) in [5, 5.41) is 10.7. The third-order valence-electron chi connectivity index (χ3n) is 2.29. The quantitative estimate of drug-likeness (QED) is 0.540. The number of fused-ring (bicyclic) bond motifs is 1.